The minimum atomic E-state index is -0.373. The average Bonchev–Trinajstić information content (AvgIpc) is 3.66. The van der Waals surface area contributed by atoms with Crippen molar-refractivity contribution in [1.29, 1.82) is 0 Å². The van der Waals surface area contributed by atoms with Crippen molar-refractivity contribution in [3.63, 3.8) is 0 Å². The third-order valence-electron chi connectivity index (χ3n) is 6.30. The molecule has 0 unspecified atom stereocenters. The molecule has 0 saturated heterocycles. The van der Waals surface area contributed by atoms with Gasteiger partial charge in [-0.3, -0.25) is 5.10 Å². The summed E-state index contributed by atoms with van der Waals surface area (Å²) in [5.41, 5.74) is 7.50. The van der Waals surface area contributed by atoms with Crippen molar-refractivity contribution in [3.05, 3.63) is 120 Å². The molecule has 3 N–H and O–H groups in total. The molecule has 0 spiro atoms. The number of aromatic amines is 2. The van der Waals surface area contributed by atoms with Crippen molar-refractivity contribution in [2.24, 2.45) is 0 Å². The number of benzene rings is 1. The fraction of sp³-hybridized carbons (Fsp3) is 0.161. The normalized spacial score (nSPS) is 14.3. The highest BCUT2D eigenvalue weighted by atomic mass is 19.1. The van der Waals surface area contributed by atoms with Gasteiger partial charge in [-0.05, 0) is 62.1 Å². The molecule has 6 heteroatoms. The largest absolute Gasteiger partial charge is 0.359 e. The average molecular weight is 494 g/mol. The monoisotopic (exact) mass is 493 g/mol. The Morgan fingerprint density at radius 3 is 2.73 bits per heavy atom. The van der Waals surface area contributed by atoms with Crippen LogP contribution in [0.3, 0.4) is 0 Å². The van der Waals surface area contributed by atoms with Crippen LogP contribution in [0.5, 0.6) is 0 Å². The van der Waals surface area contributed by atoms with E-state index in [0.29, 0.717) is 33.6 Å². The van der Waals surface area contributed by atoms with E-state index in [0.717, 1.165) is 46.8 Å². The molecule has 188 valence electrons. The van der Waals surface area contributed by atoms with Crippen LogP contribution >= 0.6 is 0 Å². The predicted molar refractivity (Wildman–Crippen MR) is 153 cm³/mol. The van der Waals surface area contributed by atoms with Gasteiger partial charge in [0.05, 0.1) is 16.6 Å². The standard InChI is InChI=1S/C31H32FN5/c1-7-13-25(22-14-11-12-15-22)29-20(6)34-31(35-29)30-27-26(36-37-30)17-16-24(28(27)32)21(9-3)18-23(10-4)33-19(5)8-2/h7,9-11,13-18,33H,1,4-5,8,12H2,2-3,6H3,(H,34,35)(H,36,37)/b21-9+,23-18+,25-13-. The molecule has 2 aromatic heterocycles. The molecule has 1 aromatic carbocycles. The number of hydrogen-bond donors (Lipinski definition) is 3. The van der Waals surface area contributed by atoms with Gasteiger partial charge in [-0.1, -0.05) is 63.1 Å². The zero-order valence-corrected chi connectivity index (χ0v) is 21.6. The molecule has 0 saturated carbocycles. The van der Waals surface area contributed by atoms with Gasteiger partial charge in [0.2, 0.25) is 0 Å². The molecule has 3 aromatic rings. The van der Waals surface area contributed by atoms with Crippen molar-refractivity contribution in [2.75, 3.05) is 0 Å². The van der Waals surface area contributed by atoms with Crippen LogP contribution in [0.25, 0.3) is 33.6 Å². The van der Waals surface area contributed by atoms with Crippen molar-refractivity contribution >= 4 is 22.0 Å². The number of fused-ring (bicyclic) bond motifs is 1. The van der Waals surface area contributed by atoms with Gasteiger partial charge in [0, 0.05) is 28.2 Å². The number of aryl methyl sites for hydroxylation is 1. The molecule has 0 aliphatic heterocycles. The Labute approximate surface area is 217 Å². The lowest BCUT2D eigenvalue weighted by Gasteiger charge is -2.11. The van der Waals surface area contributed by atoms with Crippen LogP contribution in [0.4, 0.5) is 4.39 Å². The molecule has 0 amide bonds. The van der Waals surface area contributed by atoms with E-state index in [9.17, 15) is 0 Å². The number of allylic oxidation sites excluding steroid dienone is 12. The van der Waals surface area contributed by atoms with Crippen molar-refractivity contribution < 1.29 is 4.39 Å². The van der Waals surface area contributed by atoms with Crippen LogP contribution in [0, 0.1) is 12.7 Å². The maximum atomic E-state index is 16.1. The highest BCUT2D eigenvalue weighted by Crippen LogP contribution is 2.35. The highest BCUT2D eigenvalue weighted by molar-refractivity contribution is 5.95. The Kier molecular flexibility index (Phi) is 7.68. The predicted octanol–water partition coefficient (Wildman–Crippen LogP) is 7.84. The Morgan fingerprint density at radius 1 is 1.27 bits per heavy atom. The smallest absolute Gasteiger partial charge is 0.159 e. The van der Waals surface area contributed by atoms with E-state index in [1.165, 1.54) is 0 Å². The lowest BCUT2D eigenvalue weighted by Crippen LogP contribution is -2.09. The van der Waals surface area contributed by atoms with Crippen LogP contribution in [0.2, 0.25) is 0 Å². The molecule has 0 radical (unpaired) electrons. The van der Waals surface area contributed by atoms with Crippen molar-refractivity contribution in [3.8, 4) is 11.5 Å². The summed E-state index contributed by atoms with van der Waals surface area (Å²) in [4.78, 5) is 8.16. The molecule has 1 aliphatic rings. The Bertz CT molecular complexity index is 1530. The van der Waals surface area contributed by atoms with Gasteiger partial charge in [0.15, 0.2) is 5.82 Å². The van der Waals surface area contributed by atoms with Gasteiger partial charge in [-0.15, -0.1) is 0 Å². The maximum absolute atomic E-state index is 16.1. The highest BCUT2D eigenvalue weighted by Gasteiger charge is 2.22. The molecular weight excluding hydrogens is 461 g/mol. The van der Waals surface area contributed by atoms with E-state index in [-0.39, 0.29) is 5.82 Å². The van der Waals surface area contributed by atoms with E-state index in [4.69, 9.17) is 4.98 Å². The second-order valence-electron chi connectivity index (χ2n) is 8.72. The number of aromatic nitrogens is 4. The van der Waals surface area contributed by atoms with Gasteiger partial charge >= 0.3 is 0 Å². The summed E-state index contributed by atoms with van der Waals surface area (Å²) < 4.78 is 16.1. The minimum absolute atomic E-state index is 0.373. The summed E-state index contributed by atoms with van der Waals surface area (Å²) in [7, 11) is 0. The second-order valence-corrected chi connectivity index (χ2v) is 8.72. The Hall–Kier alpha value is -4.45. The number of H-pyrrole nitrogens is 2. The summed E-state index contributed by atoms with van der Waals surface area (Å²) in [6, 6.07) is 3.59. The molecule has 1 aliphatic carbocycles. The quantitative estimate of drug-likeness (QED) is 0.252. The van der Waals surface area contributed by atoms with E-state index in [2.05, 4.69) is 58.5 Å². The van der Waals surface area contributed by atoms with Crippen LogP contribution in [0.15, 0.2) is 97.4 Å². The first-order valence-electron chi connectivity index (χ1n) is 12.3. The van der Waals surface area contributed by atoms with Crippen molar-refractivity contribution in [2.45, 2.75) is 33.6 Å². The summed E-state index contributed by atoms with van der Waals surface area (Å²) in [5, 5.41) is 11.0. The molecule has 37 heavy (non-hydrogen) atoms. The third-order valence-corrected chi connectivity index (χ3v) is 6.30. The first-order chi connectivity index (χ1) is 17.9. The van der Waals surface area contributed by atoms with Gasteiger partial charge in [0.1, 0.15) is 11.5 Å². The first kappa shape index (κ1) is 25.6. The Balaban J connectivity index is 1.80. The molecule has 4 rings (SSSR count). The second kappa shape index (κ2) is 11.1. The molecule has 2 heterocycles. The topological polar surface area (TPSA) is 69.4 Å². The van der Waals surface area contributed by atoms with E-state index in [1.807, 2.05) is 45.1 Å². The van der Waals surface area contributed by atoms with Crippen LogP contribution in [-0.4, -0.2) is 20.2 Å². The third kappa shape index (κ3) is 5.09. The number of rotatable bonds is 10. The van der Waals surface area contributed by atoms with Gasteiger partial charge < -0.3 is 10.3 Å². The van der Waals surface area contributed by atoms with Gasteiger partial charge in [-0.25, -0.2) is 9.37 Å². The minimum Gasteiger partial charge on any atom is -0.359 e. The maximum Gasteiger partial charge on any atom is 0.159 e. The number of nitrogens with zero attached hydrogens (tertiary/aromatic N) is 2. The van der Waals surface area contributed by atoms with E-state index in [1.54, 1.807) is 18.2 Å². The van der Waals surface area contributed by atoms with E-state index < -0.39 is 0 Å². The molecule has 0 atom stereocenters. The Morgan fingerprint density at radius 2 is 2.08 bits per heavy atom. The van der Waals surface area contributed by atoms with Crippen molar-refractivity contribution in [1.82, 2.24) is 25.5 Å². The number of hydrogen-bond acceptors (Lipinski definition) is 3. The number of imidazole rings is 1. The first-order valence-corrected chi connectivity index (χ1v) is 12.3. The van der Waals surface area contributed by atoms with Gasteiger partial charge in [-0.2, -0.15) is 5.10 Å². The molecular formula is C31H32FN5. The van der Waals surface area contributed by atoms with Gasteiger partial charge in [0.25, 0.3) is 0 Å². The summed E-state index contributed by atoms with van der Waals surface area (Å²) in [5.74, 6) is 0.125. The summed E-state index contributed by atoms with van der Waals surface area (Å²) in [6.07, 6.45) is 17.1. The zero-order valence-electron chi connectivity index (χ0n) is 21.6. The SMILES string of the molecule is C=C/C=C(/C1=CCC=C1)c1nc(-c2n[nH]c3ccc(C(/C=C(\C=C)NC(=C)CC)=C/C)c(F)c23)[nH]c1C. The zero-order chi connectivity index (χ0) is 26.5. The summed E-state index contributed by atoms with van der Waals surface area (Å²) in [6.45, 7) is 17.6. The molecule has 0 fully saturated rings. The van der Waals surface area contributed by atoms with Crippen LogP contribution in [-0.2, 0) is 0 Å². The fourth-order valence-corrected chi connectivity index (χ4v) is 4.31. The van der Waals surface area contributed by atoms with E-state index >= 15 is 4.39 Å². The lowest BCUT2D eigenvalue weighted by molar-refractivity contribution is 0.636. The number of nitrogens with one attached hydrogen (secondary N) is 3. The van der Waals surface area contributed by atoms with Crippen LogP contribution in [0.1, 0.15) is 43.6 Å². The molecule has 0 bridgehead atoms. The fourth-order valence-electron chi connectivity index (χ4n) is 4.31. The number of halogens is 1. The van der Waals surface area contributed by atoms with Crippen LogP contribution < -0.4 is 5.32 Å². The lowest BCUT2D eigenvalue weighted by atomic mass is 10.0. The molecule has 5 nitrogen and oxygen atoms in total. The summed E-state index contributed by atoms with van der Waals surface area (Å²) >= 11 is 0.